The van der Waals surface area contributed by atoms with Gasteiger partial charge in [0.2, 0.25) is 0 Å². The van der Waals surface area contributed by atoms with Crippen LogP contribution in [-0.4, -0.2) is 79.6 Å². The number of hydrogen-bond acceptors (Lipinski definition) is 7. The molecular weight excluding hydrogens is 460 g/mol. The van der Waals surface area contributed by atoms with Gasteiger partial charge in [0.05, 0.1) is 19.7 Å². The van der Waals surface area contributed by atoms with Gasteiger partial charge in [0.15, 0.2) is 0 Å². The number of carboxylic acids is 2. The smallest absolute Gasteiger partial charge is 0.317 e. The van der Waals surface area contributed by atoms with Crippen molar-refractivity contribution in [1.82, 2.24) is 9.80 Å². The molecule has 1 unspecified atom stereocenters. The number of hydrogen-bond donors (Lipinski definition) is 5. The molecule has 0 saturated heterocycles. The summed E-state index contributed by atoms with van der Waals surface area (Å²) >= 11 is 0. The Balaban J connectivity index is 0.00000480. The van der Waals surface area contributed by atoms with Crippen LogP contribution in [0, 0.1) is 0 Å². The number of aliphatic hydroxyl groups is 1. The quantitative estimate of drug-likeness (QED) is 0.280. The Morgan fingerprint density at radius 2 is 1.28 bits per heavy atom. The summed E-state index contributed by atoms with van der Waals surface area (Å²) in [5, 5.41) is 48.5. The first kappa shape index (κ1) is 29.4. The predicted molar refractivity (Wildman–Crippen MR) is 115 cm³/mol. The second kappa shape index (κ2) is 14.4. The Labute approximate surface area is 198 Å². The number of phenolic OH excluding ortho intramolecular Hbond substituents is 2. The van der Waals surface area contributed by atoms with Crippen LogP contribution in [0.1, 0.15) is 18.6 Å². The third-order valence-corrected chi connectivity index (χ3v) is 4.64. The molecule has 32 heavy (non-hydrogen) atoms. The summed E-state index contributed by atoms with van der Waals surface area (Å²) in [6.45, 7) is -0.982. The van der Waals surface area contributed by atoms with Gasteiger partial charge in [-0.05, 0) is 12.1 Å². The zero-order valence-electron chi connectivity index (χ0n) is 16.7. The number of aliphatic carboxylic acids is 2. The van der Waals surface area contributed by atoms with Crippen LogP contribution in [-0.2, 0) is 39.7 Å². The van der Waals surface area contributed by atoms with Gasteiger partial charge in [-0.2, -0.15) is 0 Å². The van der Waals surface area contributed by atoms with E-state index in [-0.39, 0.29) is 62.2 Å². The zero-order valence-corrected chi connectivity index (χ0v) is 17.8. The number of carbonyl (C=O) groups is 2. The van der Waals surface area contributed by atoms with Gasteiger partial charge < -0.3 is 25.5 Å². The van der Waals surface area contributed by atoms with Crippen molar-refractivity contribution in [1.29, 1.82) is 0 Å². The van der Waals surface area contributed by atoms with E-state index < -0.39 is 31.1 Å². The minimum atomic E-state index is -1.12. The molecule has 0 radical (unpaired) electrons. The standard InChI is InChI=1S/C21H26N2O7.CH4.Fe/c24-14-17(23(13-21(29)30)10-16-6-2-4-8-19(16)26)11-22(12-20(27)28)9-15-5-1-3-7-18(15)25;;/h1-8,17,24-26H,9-14H2,(H,27,28)(H,29,30);1H4;. The monoisotopic (exact) mass is 490 g/mol. The van der Waals surface area contributed by atoms with E-state index in [1.807, 2.05) is 0 Å². The van der Waals surface area contributed by atoms with Gasteiger partial charge in [0.25, 0.3) is 0 Å². The average molecular weight is 490 g/mol. The van der Waals surface area contributed by atoms with Gasteiger partial charge in [-0.1, -0.05) is 43.8 Å². The number of aliphatic hydroxyl groups excluding tert-OH is 1. The fourth-order valence-electron chi connectivity index (χ4n) is 3.20. The molecule has 178 valence electrons. The summed E-state index contributed by atoms with van der Waals surface area (Å²) in [5.74, 6) is -2.19. The molecule has 9 nitrogen and oxygen atoms in total. The van der Waals surface area contributed by atoms with Crippen LogP contribution in [0.2, 0.25) is 0 Å². The van der Waals surface area contributed by atoms with Gasteiger partial charge in [0, 0.05) is 53.9 Å². The summed E-state index contributed by atoms with van der Waals surface area (Å²) in [7, 11) is 0. The molecule has 0 aromatic heterocycles. The van der Waals surface area contributed by atoms with Crippen molar-refractivity contribution in [3.05, 3.63) is 59.7 Å². The number of phenols is 2. The average Bonchev–Trinajstić information content (AvgIpc) is 2.68. The van der Waals surface area contributed by atoms with Crippen molar-refractivity contribution in [3.63, 3.8) is 0 Å². The molecule has 0 aliphatic heterocycles. The number of carboxylic acid groups (broad SMARTS) is 2. The van der Waals surface area contributed by atoms with Crippen LogP contribution in [0.3, 0.4) is 0 Å². The van der Waals surface area contributed by atoms with E-state index in [9.17, 15) is 35.1 Å². The summed E-state index contributed by atoms with van der Waals surface area (Å²) in [6.07, 6.45) is 0. The molecule has 0 saturated carbocycles. The molecule has 0 amide bonds. The molecule has 2 aromatic carbocycles. The Morgan fingerprint density at radius 3 is 1.72 bits per heavy atom. The van der Waals surface area contributed by atoms with E-state index in [1.165, 1.54) is 21.9 Å². The summed E-state index contributed by atoms with van der Waals surface area (Å²) in [4.78, 5) is 25.7. The van der Waals surface area contributed by atoms with E-state index in [2.05, 4.69) is 0 Å². The topological polar surface area (TPSA) is 142 Å². The van der Waals surface area contributed by atoms with Crippen LogP contribution >= 0.6 is 0 Å². The zero-order chi connectivity index (χ0) is 22.1. The summed E-state index contributed by atoms with van der Waals surface area (Å²) in [6, 6.07) is 12.3. The third-order valence-electron chi connectivity index (χ3n) is 4.64. The first-order chi connectivity index (χ1) is 14.3. The van der Waals surface area contributed by atoms with Crippen LogP contribution in [0.25, 0.3) is 0 Å². The fourth-order valence-corrected chi connectivity index (χ4v) is 3.20. The third kappa shape index (κ3) is 9.25. The molecule has 0 aliphatic rings. The molecule has 2 rings (SSSR count). The molecule has 0 aliphatic carbocycles. The van der Waals surface area contributed by atoms with Gasteiger partial charge in [0.1, 0.15) is 11.5 Å². The van der Waals surface area contributed by atoms with Gasteiger partial charge >= 0.3 is 11.9 Å². The number of para-hydroxylation sites is 2. The molecule has 0 spiro atoms. The van der Waals surface area contributed by atoms with Crippen molar-refractivity contribution in [2.75, 3.05) is 26.2 Å². The number of aromatic hydroxyl groups is 2. The maximum Gasteiger partial charge on any atom is 0.317 e. The molecular formula is C22H30FeN2O7. The summed E-state index contributed by atoms with van der Waals surface area (Å²) in [5.41, 5.74) is 1.00. The van der Waals surface area contributed by atoms with Crippen molar-refractivity contribution < 1.29 is 52.2 Å². The SMILES string of the molecule is C.O=C(O)CN(Cc1ccccc1O)CC(CO)N(CC(=O)O)Cc1ccccc1O.[Fe]. The van der Waals surface area contributed by atoms with Crippen molar-refractivity contribution >= 4 is 11.9 Å². The van der Waals surface area contributed by atoms with Crippen molar-refractivity contribution in [2.45, 2.75) is 26.6 Å². The van der Waals surface area contributed by atoms with Crippen LogP contribution < -0.4 is 0 Å². The van der Waals surface area contributed by atoms with Gasteiger partial charge in [-0.15, -0.1) is 0 Å². The Hall–Kier alpha value is -2.62. The fraction of sp³-hybridized carbons (Fsp3) is 0.364. The minimum absolute atomic E-state index is 0. The van der Waals surface area contributed by atoms with Crippen molar-refractivity contribution in [3.8, 4) is 11.5 Å². The first-order valence-electron chi connectivity index (χ1n) is 9.34. The Morgan fingerprint density at radius 1 is 0.812 bits per heavy atom. The molecule has 2 aromatic rings. The van der Waals surface area contributed by atoms with Gasteiger partial charge in [-0.25, -0.2) is 0 Å². The largest absolute Gasteiger partial charge is 0.508 e. The predicted octanol–water partition coefficient (Wildman–Crippen LogP) is 1.57. The normalized spacial score (nSPS) is 11.5. The van der Waals surface area contributed by atoms with Crippen LogP contribution in [0.4, 0.5) is 0 Å². The van der Waals surface area contributed by atoms with Crippen LogP contribution in [0.5, 0.6) is 11.5 Å². The minimum Gasteiger partial charge on any atom is -0.508 e. The van der Waals surface area contributed by atoms with E-state index in [0.717, 1.165) is 0 Å². The number of nitrogens with zero attached hydrogens (tertiary/aromatic N) is 2. The molecule has 0 heterocycles. The van der Waals surface area contributed by atoms with E-state index in [4.69, 9.17) is 0 Å². The maximum atomic E-state index is 11.4. The maximum absolute atomic E-state index is 11.4. The van der Waals surface area contributed by atoms with E-state index in [0.29, 0.717) is 11.1 Å². The second-order valence-corrected chi connectivity index (χ2v) is 6.96. The van der Waals surface area contributed by atoms with Crippen LogP contribution in [0.15, 0.2) is 48.5 Å². The molecule has 0 bridgehead atoms. The summed E-state index contributed by atoms with van der Waals surface area (Å²) < 4.78 is 0. The van der Waals surface area contributed by atoms with Crippen molar-refractivity contribution in [2.24, 2.45) is 0 Å². The number of rotatable bonds is 12. The van der Waals surface area contributed by atoms with Gasteiger partial charge in [-0.3, -0.25) is 19.4 Å². The van der Waals surface area contributed by atoms with E-state index in [1.54, 1.807) is 36.4 Å². The number of benzene rings is 2. The Kier molecular flexibility index (Phi) is 13.3. The molecule has 1 atom stereocenters. The molecule has 5 N–H and O–H groups in total. The molecule has 10 heteroatoms. The van der Waals surface area contributed by atoms with E-state index >= 15 is 0 Å². The first-order valence-corrected chi connectivity index (χ1v) is 9.34. The molecule has 0 fully saturated rings. The Bertz CT molecular complexity index is 866. The second-order valence-electron chi connectivity index (χ2n) is 6.96.